The minimum absolute atomic E-state index is 0.637. The van der Waals surface area contributed by atoms with E-state index >= 15 is 0 Å². The van der Waals surface area contributed by atoms with Gasteiger partial charge in [0, 0.05) is 35.6 Å². The van der Waals surface area contributed by atoms with Crippen LogP contribution in [0.1, 0.15) is 34.8 Å². The average molecular weight is 369 g/mol. The molecule has 4 heterocycles. The van der Waals surface area contributed by atoms with E-state index in [1.807, 2.05) is 18.6 Å². The van der Waals surface area contributed by atoms with E-state index in [1.54, 1.807) is 17.7 Å². The molecule has 1 aliphatic heterocycles. The number of piperidine rings is 1. The second-order valence-electron chi connectivity index (χ2n) is 7.12. The molecule has 1 aliphatic rings. The molecule has 0 amide bonds. The zero-order valence-electron chi connectivity index (χ0n) is 15.3. The minimum Gasteiger partial charge on any atom is -0.341 e. The standard InChI is InChI=1S/C19H24N6S/c1-13-8-20-19(24-13)17-7-16(21-11-22-17)6-15-4-3-5-25(9-15)10-18-14(2)23-12-26-18/h7-8,11-12,15H,3-6,9-10H2,1-2H3,(H,20,24)/t15-/m0/s1. The van der Waals surface area contributed by atoms with E-state index in [4.69, 9.17) is 0 Å². The molecule has 0 spiro atoms. The number of hydrogen-bond acceptors (Lipinski definition) is 6. The third-order valence-electron chi connectivity index (χ3n) is 4.98. The number of hydrogen-bond donors (Lipinski definition) is 1. The number of likely N-dealkylation sites (tertiary alicyclic amines) is 1. The molecular weight excluding hydrogens is 344 g/mol. The first-order chi connectivity index (χ1) is 12.7. The summed E-state index contributed by atoms with van der Waals surface area (Å²) in [6.07, 6.45) is 6.99. The second kappa shape index (κ2) is 7.63. The van der Waals surface area contributed by atoms with E-state index < -0.39 is 0 Å². The molecule has 0 aromatic carbocycles. The first-order valence-corrected chi connectivity index (χ1v) is 9.99. The molecule has 3 aromatic rings. The van der Waals surface area contributed by atoms with Crippen molar-refractivity contribution in [1.29, 1.82) is 0 Å². The van der Waals surface area contributed by atoms with Gasteiger partial charge in [0.25, 0.3) is 0 Å². The Balaban J connectivity index is 1.41. The Morgan fingerprint density at radius 2 is 2.15 bits per heavy atom. The molecule has 26 heavy (non-hydrogen) atoms. The van der Waals surface area contributed by atoms with E-state index in [9.17, 15) is 0 Å². The number of imidazole rings is 1. The van der Waals surface area contributed by atoms with Gasteiger partial charge in [0.15, 0.2) is 5.82 Å². The summed E-state index contributed by atoms with van der Waals surface area (Å²) >= 11 is 1.77. The molecule has 1 N–H and O–H groups in total. The SMILES string of the molecule is Cc1cnc(-c2cc(C[C@@H]3CCCN(Cc4scnc4C)C3)ncn2)[nH]1. The van der Waals surface area contributed by atoms with Crippen LogP contribution in [0.3, 0.4) is 0 Å². The van der Waals surface area contributed by atoms with Gasteiger partial charge in [-0.2, -0.15) is 0 Å². The lowest BCUT2D eigenvalue weighted by molar-refractivity contribution is 0.167. The second-order valence-corrected chi connectivity index (χ2v) is 8.06. The summed E-state index contributed by atoms with van der Waals surface area (Å²) < 4.78 is 0. The summed E-state index contributed by atoms with van der Waals surface area (Å²) in [7, 11) is 0. The third-order valence-corrected chi connectivity index (χ3v) is 5.90. The van der Waals surface area contributed by atoms with E-state index in [-0.39, 0.29) is 0 Å². The van der Waals surface area contributed by atoms with E-state index in [1.165, 1.54) is 30.0 Å². The summed E-state index contributed by atoms with van der Waals surface area (Å²) in [5.74, 6) is 1.45. The van der Waals surface area contributed by atoms with Gasteiger partial charge in [0.1, 0.15) is 12.0 Å². The number of aromatic amines is 1. The molecule has 6 nitrogen and oxygen atoms in total. The van der Waals surface area contributed by atoms with Gasteiger partial charge in [-0.1, -0.05) is 0 Å². The largest absolute Gasteiger partial charge is 0.341 e. The van der Waals surface area contributed by atoms with Crippen LogP contribution >= 0.6 is 11.3 Å². The third kappa shape index (κ3) is 3.99. The maximum atomic E-state index is 4.50. The van der Waals surface area contributed by atoms with Crippen LogP contribution in [0.5, 0.6) is 0 Å². The number of aryl methyl sites for hydroxylation is 2. The molecule has 1 atom stereocenters. The zero-order valence-corrected chi connectivity index (χ0v) is 16.1. The topological polar surface area (TPSA) is 70.6 Å². The van der Waals surface area contributed by atoms with Gasteiger partial charge in [-0.05, 0) is 51.6 Å². The predicted molar refractivity (Wildman–Crippen MR) is 103 cm³/mol. The zero-order chi connectivity index (χ0) is 17.9. The number of aromatic nitrogens is 5. The number of rotatable bonds is 5. The molecule has 0 unspecified atom stereocenters. The number of nitrogens with one attached hydrogen (secondary N) is 1. The first-order valence-electron chi connectivity index (χ1n) is 9.11. The monoisotopic (exact) mass is 368 g/mol. The van der Waals surface area contributed by atoms with Crippen LogP contribution in [-0.4, -0.2) is 42.9 Å². The molecule has 7 heteroatoms. The Morgan fingerprint density at radius 3 is 2.92 bits per heavy atom. The van der Waals surface area contributed by atoms with Gasteiger partial charge in [-0.15, -0.1) is 11.3 Å². The Kier molecular flexibility index (Phi) is 5.08. The highest BCUT2D eigenvalue weighted by Gasteiger charge is 2.22. The van der Waals surface area contributed by atoms with Crippen LogP contribution in [0.25, 0.3) is 11.5 Å². The molecule has 1 saturated heterocycles. The fraction of sp³-hybridized carbons (Fsp3) is 0.474. The van der Waals surface area contributed by atoms with E-state index in [2.05, 4.69) is 42.8 Å². The summed E-state index contributed by atoms with van der Waals surface area (Å²) in [4.78, 5) is 24.8. The quantitative estimate of drug-likeness (QED) is 0.747. The van der Waals surface area contributed by atoms with Gasteiger partial charge >= 0.3 is 0 Å². The lowest BCUT2D eigenvalue weighted by atomic mass is 9.93. The van der Waals surface area contributed by atoms with E-state index in [0.29, 0.717) is 5.92 Å². The highest BCUT2D eigenvalue weighted by atomic mass is 32.1. The van der Waals surface area contributed by atoms with Crippen LogP contribution in [0.4, 0.5) is 0 Å². The van der Waals surface area contributed by atoms with Crippen LogP contribution in [0.15, 0.2) is 24.1 Å². The highest BCUT2D eigenvalue weighted by molar-refractivity contribution is 7.09. The van der Waals surface area contributed by atoms with Gasteiger partial charge < -0.3 is 4.98 Å². The molecule has 0 radical (unpaired) electrons. The normalized spacial score (nSPS) is 18.3. The first kappa shape index (κ1) is 17.3. The van der Waals surface area contributed by atoms with Gasteiger partial charge in [0.2, 0.25) is 0 Å². The highest BCUT2D eigenvalue weighted by Crippen LogP contribution is 2.24. The van der Waals surface area contributed by atoms with Crippen LogP contribution in [0, 0.1) is 19.8 Å². The van der Waals surface area contributed by atoms with E-state index in [0.717, 1.165) is 42.4 Å². The molecule has 136 valence electrons. The fourth-order valence-corrected chi connectivity index (χ4v) is 4.44. The van der Waals surface area contributed by atoms with Gasteiger partial charge in [-0.3, -0.25) is 4.90 Å². The lowest BCUT2D eigenvalue weighted by Gasteiger charge is -2.32. The Hall–Kier alpha value is -2.12. The molecule has 0 bridgehead atoms. The molecule has 3 aromatic heterocycles. The summed E-state index contributed by atoms with van der Waals surface area (Å²) in [5, 5.41) is 0. The van der Waals surface area contributed by atoms with Crippen molar-refractivity contribution in [3.8, 4) is 11.5 Å². The van der Waals surface area contributed by atoms with Crippen molar-refractivity contribution in [1.82, 2.24) is 29.8 Å². The predicted octanol–water partition coefficient (Wildman–Crippen LogP) is 3.39. The maximum Gasteiger partial charge on any atom is 0.156 e. The molecule has 0 aliphatic carbocycles. The van der Waals surface area contributed by atoms with Crippen LogP contribution in [0.2, 0.25) is 0 Å². The average Bonchev–Trinajstić information content (AvgIpc) is 3.24. The van der Waals surface area contributed by atoms with Crippen molar-refractivity contribution in [2.24, 2.45) is 5.92 Å². The van der Waals surface area contributed by atoms with Gasteiger partial charge in [-0.25, -0.2) is 19.9 Å². The van der Waals surface area contributed by atoms with Crippen LogP contribution in [-0.2, 0) is 13.0 Å². The number of thiazole rings is 1. The van der Waals surface area contributed by atoms with Crippen molar-refractivity contribution in [2.75, 3.05) is 13.1 Å². The van der Waals surface area contributed by atoms with Crippen molar-refractivity contribution in [3.05, 3.63) is 46.1 Å². The Labute approximate surface area is 157 Å². The summed E-state index contributed by atoms with van der Waals surface area (Å²) in [5.41, 5.74) is 6.14. The molecule has 0 saturated carbocycles. The summed E-state index contributed by atoms with van der Waals surface area (Å²) in [6, 6.07) is 2.07. The van der Waals surface area contributed by atoms with Crippen LogP contribution < -0.4 is 0 Å². The number of nitrogens with zero attached hydrogens (tertiary/aromatic N) is 5. The Bertz CT molecular complexity index is 870. The van der Waals surface area contributed by atoms with Crippen molar-refractivity contribution in [2.45, 2.75) is 39.7 Å². The lowest BCUT2D eigenvalue weighted by Crippen LogP contribution is -2.35. The fourth-order valence-electron chi connectivity index (χ4n) is 3.62. The smallest absolute Gasteiger partial charge is 0.156 e. The number of H-pyrrole nitrogens is 1. The van der Waals surface area contributed by atoms with Gasteiger partial charge in [0.05, 0.1) is 11.2 Å². The molecular formula is C19H24N6S. The maximum absolute atomic E-state index is 4.50. The van der Waals surface area contributed by atoms with Crippen molar-refractivity contribution >= 4 is 11.3 Å². The van der Waals surface area contributed by atoms with Crippen molar-refractivity contribution in [3.63, 3.8) is 0 Å². The van der Waals surface area contributed by atoms with Crippen molar-refractivity contribution < 1.29 is 0 Å². The Morgan fingerprint density at radius 1 is 1.23 bits per heavy atom. The summed E-state index contributed by atoms with van der Waals surface area (Å²) in [6.45, 7) is 7.42. The molecule has 4 rings (SSSR count). The minimum atomic E-state index is 0.637. The molecule has 1 fully saturated rings.